The van der Waals surface area contributed by atoms with Gasteiger partial charge in [0.15, 0.2) is 0 Å². The van der Waals surface area contributed by atoms with Gasteiger partial charge < -0.3 is 14.6 Å². The van der Waals surface area contributed by atoms with Crippen LogP contribution in [0.15, 0.2) is 0 Å². The van der Waals surface area contributed by atoms with Gasteiger partial charge in [-0.2, -0.15) is 0 Å². The summed E-state index contributed by atoms with van der Waals surface area (Å²) in [5.41, 5.74) is 4.09. The number of hydrogen-bond donors (Lipinski definition) is 1. The van der Waals surface area contributed by atoms with Gasteiger partial charge in [-0.25, -0.2) is 0 Å². The Morgan fingerprint density at radius 3 is 2.45 bits per heavy atom. The molecule has 2 aliphatic rings. The van der Waals surface area contributed by atoms with Crippen molar-refractivity contribution in [1.29, 1.82) is 0 Å². The van der Waals surface area contributed by atoms with Crippen LogP contribution in [0.3, 0.4) is 0 Å². The van der Waals surface area contributed by atoms with Crippen LogP contribution in [0.4, 0.5) is 0 Å². The second kappa shape index (κ2) is 4.66. The number of benzene rings is 1. The van der Waals surface area contributed by atoms with E-state index in [1.807, 2.05) is 27.7 Å². The Hall–Kier alpha value is -1.22. The fraction of sp³-hybridized carbons (Fsp3) is 0.647. The van der Waals surface area contributed by atoms with Crippen molar-refractivity contribution < 1.29 is 14.6 Å². The van der Waals surface area contributed by atoms with E-state index in [1.54, 1.807) is 0 Å². The van der Waals surface area contributed by atoms with E-state index in [0.717, 1.165) is 47.5 Å². The van der Waals surface area contributed by atoms with Gasteiger partial charge in [0.25, 0.3) is 0 Å². The first-order valence-electron chi connectivity index (χ1n) is 7.59. The molecule has 110 valence electrons. The van der Waals surface area contributed by atoms with E-state index in [-0.39, 0.29) is 11.5 Å². The van der Waals surface area contributed by atoms with Gasteiger partial charge in [-0.3, -0.25) is 0 Å². The van der Waals surface area contributed by atoms with Crippen LogP contribution in [-0.4, -0.2) is 18.3 Å². The van der Waals surface area contributed by atoms with E-state index >= 15 is 0 Å². The third-order valence-corrected chi connectivity index (χ3v) is 5.27. The second-order valence-corrected chi connectivity index (χ2v) is 6.31. The molecule has 20 heavy (non-hydrogen) atoms. The summed E-state index contributed by atoms with van der Waals surface area (Å²) in [6.07, 6.45) is 3.63. The molecule has 1 spiro atoms. The summed E-state index contributed by atoms with van der Waals surface area (Å²) in [4.78, 5) is 0. The van der Waals surface area contributed by atoms with Gasteiger partial charge in [-0.05, 0) is 51.7 Å². The lowest BCUT2D eigenvalue weighted by molar-refractivity contribution is -0.117. The molecule has 0 bridgehead atoms. The molecule has 1 aromatic rings. The maximum absolute atomic E-state index is 10.4. The summed E-state index contributed by atoms with van der Waals surface area (Å²) in [5.74, 6) is 1.33. The molecule has 1 aromatic carbocycles. The Morgan fingerprint density at radius 2 is 1.90 bits per heavy atom. The van der Waals surface area contributed by atoms with Crippen LogP contribution in [0, 0.1) is 26.2 Å². The van der Waals surface area contributed by atoms with E-state index in [0.29, 0.717) is 12.4 Å². The van der Waals surface area contributed by atoms with Gasteiger partial charge in [0.2, 0.25) is 0 Å². The number of hydrogen-bond acceptors (Lipinski definition) is 3. The van der Waals surface area contributed by atoms with E-state index in [2.05, 4.69) is 0 Å². The largest absolute Gasteiger partial charge is 0.507 e. The monoisotopic (exact) mass is 276 g/mol. The molecule has 3 rings (SSSR count). The molecule has 3 nitrogen and oxygen atoms in total. The fourth-order valence-corrected chi connectivity index (χ4v) is 3.69. The minimum atomic E-state index is 0.0650. The highest BCUT2D eigenvalue weighted by atomic mass is 16.5. The number of fused-ring (bicyclic) bond motifs is 1. The lowest BCUT2D eigenvalue weighted by Gasteiger charge is -2.50. The Kier molecular flexibility index (Phi) is 3.20. The molecular weight excluding hydrogens is 252 g/mol. The van der Waals surface area contributed by atoms with Crippen molar-refractivity contribution >= 4 is 0 Å². The third-order valence-electron chi connectivity index (χ3n) is 5.27. The molecule has 0 radical (unpaired) electrons. The van der Waals surface area contributed by atoms with Crippen LogP contribution in [0.5, 0.6) is 11.5 Å². The topological polar surface area (TPSA) is 38.7 Å². The summed E-state index contributed by atoms with van der Waals surface area (Å²) in [6.45, 7) is 9.43. The smallest absolute Gasteiger partial charge is 0.128 e. The fourth-order valence-electron chi connectivity index (χ4n) is 3.69. The molecule has 1 heterocycles. The van der Waals surface area contributed by atoms with Crippen LogP contribution in [0.2, 0.25) is 0 Å². The number of ether oxygens (including phenoxy) is 2. The molecule has 1 unspecified atom stereocenters. The molecule has 1 N–H and O–H groups in total. The summed E-state index contributed by atoms with van der Waals surface area (Å²) in [5, 5.41) is 10.4. The van der Waals surface area contributed by atoms with Crippen molar-refractivity contribution in [2.75, 3.05) is 13.2 Å². The van der Waals surface area contributed by atoms with E-state index in [4.69, 9.17) is 9.47 Å². The first kappa shape index (κ1) is 13.7. The molecule has 0 aromatic heterocycles. The molecule has 1 fully saturated rings. The quantitative estimate of drug-likeness (QED) is 0.888. The SMILES string of the molecule is CCOC1c2c(C)c(O)c(C)c(C)c2OCC12CCC2. The predicted octanol–water partition coefficient (Wildman–Crippen LogP) is 3.96. The summed E-state index contributed by atoms with van der Waals surface area (Å²) in [6, 6.07) is 0. The lowest BCUT2D eigenvalue weighted by atomic mass is 9.62. The number of phenols is 1. The van der Waals surface area contributed by atoms with Crippen LogP contribution < -0.4 is 4.74 Å². The lowest BCUT2D eigenvalue weighted by Crippen LogP contribution is -2.45. The second-order valence-electron chi connectivity index (χ2n) is 6.31. The van der Waals surface area contributed by atoms with Crippen molar-refractivity contribution in [1.82, 2.24) is 0 Å². The normalized spacial score (nSPS) is 23.1. The van der Waals surface area contributed by atoms with Crippen molar-refractivity contribution in [3.63, 3.8) is 0 Å². The summed E-state index contributed by atoms with van der Waals surface area (Å²) >= 11 is 0. The van der Waals surface area contributed by atoms with E-state index in [1.165, 1.54) is 6.42 Å². The highest BCUT2D eigenvalue weighted by Gasteiger charge is 2.51. The van der Waals surface area contributed by atoms with Crippen molar-refractivity contribution in [3.05, 3.63) is 22.3 Å². The van der Waals surface area contributed by atoms with Crippen LogP contribution in [0.25, 0.3) is 0 Å². The van der Waals surface area contributed by atoms with Gasteiger partial charge in [-0.15, -0.1) is 0 Å². The predicted molar refractivity (Wildman–Crippen MR) is 78.5 cm³/mol. The Morgan fingerprint density at radius 1 is 1.20 bits per heavy atom. The zero-order chi connectivity index (χ0) is 14.5. The molecule has 1 aliphatic heterocycles. The highest BCUT2D eigenvalue weighted by molar-refractivity contribution is 5.59. The molecule has 3 heteroatoms. The maximum atomic E-state index is 10.4. The van der Waals surface area contributed by atoms with Crippen molar-refractivity contribution in [2.24, 2.45) is 5.41 Å². The number of rotatable bonds is 2. The van der Waals surface area contributed by atoms with E-state index < -0.39 is 0 Å². The molecule has 1 saturated carbocycles. The van der Waals surface area contributed by atoms with Crippen LogP contribution >= 0.6 is 0 Å². The van der Waals surface area contributed by atoms with Crippen LogP contribution in [-0.2, 0) is 4.74 Å². The van der Waals surface area contributed by atoms with Gasteiger partial charge in [0, 0.05) is 23.1 Å². The minimum absolute atomic E-state index is 0.0650. The molecule has 0 saturated heterocycles. The molecule has 1 atom stereocenters. The van der Waals surface area contributed by atoms with Gasteiger partial charge in [-0.1, -0.05) is 6.42 Å². The first-order chi connectivity index (χ1) is 9.52. The first-order valence-corrected chi connectivity index (χ1v) is 7.59. The number of phenolic OH excluding ortho intramolecular Hbond substituents is 1. The Labute approximate surface area is 120 Å². The summed E-state index contributed by atoms with van der Waals surface area (Å²) in [7, 11) is 0. The van der Waals surface area contributed by atoms with Gasteiger partial charge >= 0.3 is 0 Å². The number of aromatic hydroxyl groups is 1. The molecule has 1 aliphatic carbocycles. The van der Waals surface area contributed by atoms with Gasteiger partial charge in [0.05, 0.1) is 12.7 Å². The summed E-state index contributed by atoms with van der Waals surface area (Å²) < 4.78 is 12.2. The zero-order valence-corrected chi connectivity index (χ0v) is 12.9. The van der Waals surface area contributed by atoms with Crippen molar-refractivity contribution in [2.45, 2.75) is 53.1 Å². The Balaban J connectivity index is 2.18. The Bertz CT molecular complexity index is 544. The molecular formula is C17H24O3. The molecule has 0 amide bonds. The minimum Gasteiger partial charge on any atom is -0.507 e. The highest BCUT2D eigenvalue weighted by Crippen LogP contribution is 2.58. The third kappa shape index (κ3) is 1.69. The average molecular weight is 276 g/mol. The van der Waals surface area contributed by atoms with Crippen LogP contribution in [0.1, 0.15) is 54.5 Å². The average Bonchev–Trinajstić information content (AvgIpc) is 2.41. The maximum Gasteiger partial charge on any atom is 0.128 e. The zero-order valence-electron chi connectivity index (χ0n) is 12.9. The van der Waals surface area contributed by atoms with E-state index in [9.17, 15) is 5.11 Å². The van der Waals surface area contributed by atoms with Crippen molar-refractivity contribution in [3.8, 4) is 11.5 Å². The standard InChI is InChI=1S/C17H24O3/c1-5-19-16-13-12(4)14(18)10(2)11(3)15(13)20-9-17(16)7-6-8-17/h16,18H,5-9H2,1-4H3. The van der Waals surface area contributed by atoms with Gasteiger partial charge in [0.1, 0.15) is 11.5 Å².